The van der Waals surface area contributed by atoms with E-state index in [4.69, 9.17) is 5.73 Å². The Labute approximate surface area is 120 Å². The molecule has 1 radical (unpaired) electrons. The smallest absolute Gasteiger partial charge is 0.241 e. The van der Waals surface area contributed by atoms with Gasteiger partial charge >= 0.3 is 0 Å². The van der Waals surface area contributed by atoms with Crippen molar-refractivity contribution in [2.45, 2.75) is 97.3 Å². The van der Waals surface area contributed by atoms with Crippen LogP contribution in [-0.2, 0) is 4.79 Å². The minimum Gasteiger partial charge on any atom is -0.273 e. The van der Waals surface area contributed by atoms with Crippen LogP contribution in [0.2, 0.25) is 0 Å². The van der Waals surface area contributed by atoms with Gasteiger partial charge in [0.05, 0.1) is 0 Å². The summed E-state index contributed by atoms with van der Waals surface area (Å²) in [5, 5.41) is 0. The van der Waals surface area contributed by atoms with Crippen molar-refractivity contribution in [1.29, 1.82) is 0 Å². The molecule has 0 saturated heterocycles. The Morgan fingerprint density at radius 1 is 0.737 bits per heavy atom. The van der Waals surface area contributed by atoms with Gasteiger partial charge in [0.15, 0.2) is 0 Å². The molecule has 2 nitrogen and oxygen atoms in total. The highest BCUT2D eigenvalue weighted by molar-refractivity contribution is 5.75. The number of unbranched alkanes of at least 4 members (excludes halogenated alkanes) is 9. The average Bonchev–Trinajstić information content (AvgIpc) is 2.39. The summed E-state index contributed by atoms with van der Waals surface area (Å²) >= 11 is 0. The standard InChI is InChI=1S/C17H34NO/c1-3-5-7-8-9-10-11-12-13-15-16(17(18)19)14-6-4-2/h16,18H,3-15H2,1-2H3. The van der Waals surface area contributed by atoms with Gasteiger partial charge in [0.2, 0.25) is 5.91 Å². The molecular weight excluding hydrogens is 234 g/mol. The quantitative estimate of drug-likeness (QED) is 0.382. The minimum absolute atomic E-state index is 0.0181. The van der Waals surface area contributed by atoms with E-state index in [0.717, 1.165) is 32.1 Å². The molecule has 1 N–H and O–H groups in total. The number of carbonyl (C=O) groups excluding carboxylic acids is 1. The molecule has 0 heterocycles. The molecule has 1 amide bonds. The summed E-state index contributed by atoms with van der Waals surface area (Å²) in [6, 6.07) is 0. The molecule has 113 valence electrons. The molecule has 19 heavy (non-hydrogen) atoms. The van der Waals surface area contributed by atoms with Crippen LogP contribution in [0.25, 0.3) is 0 Å². The lowest BCUT2D eigenvalue weighted by Gasteiger charge is -2.11. The van der Waals surface area contributed by atoms with E-state index in [-0.39, 0.29) is 11.8 Å². The first-order chi connectivity index (χ1) is 9.22. The first kappa shape index (κ1) is 18.5. The first-order valence-corrected chi connectivity index (χ1v) is 8.47. The highest BCUT2D eigenvalue weighted by Gasteiger charge is 2.14. The van der Waals surface area contributed by atoms with Crippen LogP contribution in [-0.4, -0.2) is 5.91 Å². The maximum absolute atomic E-state index is 11.2. The lowest BCUT2D eigenvalue weighted by atomic mass is 9.94. The molecule has 0 saturated carbocycles. The molecule has 0 aromatic carbocycles. The van der Waals surface area contributed by atoms with Crippen LogP contribution in [0, 0.1) is 5.92 Å². The molecule has 0 fully saturated rings. The van der Waals surface area contributed by atoms with E-state index in [1.165, 1.54) is 51.4 Å². The number of hydrogen-bond acceptors (Lipinski definition) is 1. The summed E-state index contributed by atoms with van der Waals surface area (Å²) in [6.07, 6.45) is 16.0. The van der Waals surface area contributed by atoms with Crippen molar-refractivity contribution in [3.8, 4) is 0 Å². The average molecular weight is 268 g/mol. The van der Waals surface area contributed by atoms with E-state index < -0.39 is 0 Å². The van der Waals surface area contributed by atoms with Gasteiger partial charge in [-0.05, 0) is 12.8 Å². The Bertz CT molecular complexity index is 203. The van der Waals surface area contributed by atoms with E-state index in [2.05, 4.69) is 13.8 Å². The Balaban J connectivity index is 3.37. The molecule has 0 aliphatic carbocycles. The van der Waals surface area contributed by atoms with Crippen LogP contribution in [0.15, 0.2) is 0 Å². The van der Waals surface area contributed by atoms with Crippen LogP contribution < -0.4 is 5.73 Å². The van der Waals surface area contributed by atoms with E-state index in [1.807, 2.05) is 0 Å². The third-order valence-corrected chi connectivity index (χ3v) is 3.93. The summed E-state index contributed by atoms with van der Waals surface area (Å²) in [4.78, 5) is 11.2. The topological polar surface area (TPSA) is 40.9 Å². The molecule has 0 spiro atoms. The molecule has 0 aromatic heterocycles. The fraction of sp³-hybridized carbons (Fsp3) is 0.941. The number of carbonyl (C=O) groups is 1. The number of nitrogens with one attached hydrogen (secondary N) is 1. The zero-order valence-electron chi connectivity index (χ0n) is 13.2. The highest BCUT2D eigenvalue weighted by atomic mass is 16.1. The van der Waals surface area contributed by atoms with Gasteiger partial charge in [0.25, 0.3) is 0 Å². The van der Waals surface area contributed by atoms with Gasteiger partial charge in [-0.25, -0.2) is 0 Å². The SMILES string of the molecule is CCCCCCCCCCCC(CCCC)C([NH])=O. The van der Waals surface area contributed by atoms with Gasteiger partial charge in [-0.3, -0.25) is 10.5 Å². The third kappa shape index (κ3) is 12.3. The fourth-order valence-electron chi connectivity index (χ4n) is 2.56. The summed E-state index contributed by atoms with van der Waals surface area (Å²) in [6.45, 7) is 4.40. The van der Waals surface area contributed by atoms with Crippen molar-refractivity contribution < 1.29 is 4.79 Å². The Kier molecular flexibility index (Phi) is 13.5. The fourth-order valence-corrected chi connectivity index (χ4v) is 2.56. The normalized spacial score (nSPS) is 12.5. The molecule has 0 aromatic rings. The third-order valence-electron chi connectivity index (χ3n) is 3.93. The van der Waals surface area contributed by atoms with E-state index in [9.17, 15) is 4.79 Å². The van der Waals surface area contributed by atoms with Gasteiger partial charge in [0, 0.05) is 5.92 Å². The molecular formula is C17H34NO. The van der Waals surface area contributed by atoms with Crippen LogP contribution in [0.1, 0.15) is 97.3 Å². The van der Waals surface area contributed by atoms with Gasteiger partial charge in [-0.15, -0.1) is 0 Å². The monoisotopic (exact) mass is 268 g/mol. The summed E-state index contributed by atoms with van der Waals surface area (Å²) in [5.74, 6) is -0.322. The number of hydrogen-bond donors (Lipinski definition) is 0. The van der Waals surface area contributed by atoms with Crippen molar-refractivity contribution >= 4 is 5.91 Å². The van der Waals surface area contributed by atoms with Crippen LogP contribution >= 0.6 is 0 Å². The molecule has 1 atom stereocenters. The molecule has 1 unspecified atom stereocenters. The largest absolute Gasteiger partial charge is 0.273 e. The van der Waals surface area contributed by atoms with Gasteiger partial charge < -0.3 is 0 Å². The Morgan fingerprint density at radius 3 is 1.63 bits per heavy atom. The summed E-state index contributed by atoms with van der Waals surface area (Å²) in [7, 11) is 0. The van der Waals surface area contributed by atoms with Crippen LogP contribution in [0.4, 0.5) is 0 Å². The van der Waals surface area contributed by atoms with Crippen molar-refractivity contribution in [2.24, 2.45) is 5.92 Å². The molecule has 0 bridgehead atoms. The van der Waals surface area contributed by atoms with Gasteiger partial charge in [-0.1, -0.05) is 84.5 Å². The zero-order chi connectivity index (χ0) is 14.3. The van der Waals surface area contributed by atoms with Crippen LogP contribution in [0.3, 0.4) is 0 Å². The summed E-state index contributed by atoms with van der Waals surface area (Å²) in [5.41, 5.74) is 7.29. The summed E-state index contributed by atoms with van der Waals surface area (Å²) < 4.78 is 0. The van der Waals surface area contributed by atoms with Crippen molar-refractivity contribution in [1.82, 2.24) is 5.73 Å². The van der Waals surface area contributed by atoms with Gasteiger partial charge in [0.1, 0.15) is 0 Å². The van der Waals surface area contributed by atoms with E-state index >= 15 is 0 Å². The van der Waals surface area contributed by atoms with Gasteiger partial charge in [-0.2, -0.15) is 0 Å². The zero-order valence-corrected chi connectivity index (χ0v) is 13.2. The second-order valence-corrected chi connectivity index (χ2v) is 5.82. The predicted octanol–water partition coefficient (Wildman–Crippen LogP) is 5.52. The van der Waals surface area contributed by atoms with Crippen LogP contribution in [0.5, 0.6) is 0 Å². The second-order valence-electron chi connectivity index (χ2n) is 5.82. The van der Waals surface area contributed by atoms with E-state index in [1.54, 1.807) is 0 Å². The van der Waals surface area contributed by atoms with Crippen molar-refractivity contribution in [2.75, 3.05) is 0 Å². The maximum Gasteiger partial charge on any atom is 0.241 e. The number of rotatable bonds is 14. The molecule has 0 aliphatic rings. The number of amides is 1. The predicted molar refractivity (Wildman–Crippen MR) is 83.0 cm³/mol. The lowest BCUT2D eigenvalue weighted by Crippen LogP contribution is -2.15. The lowest BCUT2D eigenvalue weighted by molar-refractivity contribution is -0.122. The molecule has 2 heteroatoms. The van der Waals surface area contributed by atoms with Crippen molar-refractivity contribution in [3.05, 3.63) is 0 Å². The Hall–Kier alpha value is -0.530. The molecule has 0 rings (SSSR count). The second kappa shape index (κ2) is 13.9. The first-order valence-electron chi connectivity index (χ1n) is 8.47. The highest BCUT2D eigenvalue weighted by Crippen LogP contribution is 2.18. The Morgan fingerprint density at radius 2 is 1.16 bits per heavy atom. The van der Waals surface area contributed by atoms with E-state index in [0.29, 0.717) is 0 Å². The maximum atomic E-state index is 11.2. The van der Waals surface area contributed by atoms with Crippen molar-refractivity contribution in [3.63, 3.8) is 0 Å². The molecule has 0 aliphatic heterocycles. The minimum atomic E-state index is -0.340.